The van der Waals surface area contributed by atoms with Gasteiger partial charge in [-0.25, -0.2) is 0 Å². The molecular weight excluding hydrogens is 252 g/mol. The fourth-order valence-corrected chi connectivity index (χ4v) is 1.58. The first-order chi connectivity index (χ1) is 8.19. The molecule has 0 unspecified atom stereocenters. The fraction of sp³-hybridized carbons (Fsp3) is 0.231. The Morgan fingerprint density at radius 1 is 1.39 bits per heavy atom. The Hall–Kier alpha value is -1.81. The number of ketones is 1. The number of carbonyl (C=O) groups is 1. The number of hydrogen-bond donors (Lipinski definition) is 0. The Balaban J connectivity index is 0.00000162. The zero-order chi connectivity index (χ0) is 12.3. The lowest BCUT2D eigenvalue weighted by Gasteiger charge is -2.04. The van der Waals surface area contributed by atoms with Crippen molar-refractivity contribution in [2.24, 2.45) is 0 Å². The second kappa shape index (κ2) is 6.21. The van der Waals surface area contributed by atoms with Crippen molar-refractivity contribution in [3.63, 3.8) is 0 Å². The van der Waals surface area contributed by atoms with Crippen LogP contribution in [0.5, 0.6) is 5.75 Å². The average molecular weight is 266 g/mol. The van der Waals surface area contributed by atoms with Gasteiger partial charge in [0.15, 0.2) is 5.78 Å². The van der Waals surface area contributed by atoms with Crippen LogP contribution < -0.4 is 17.1 Å². The number of methoxy groups -OCH3 is 1. The largest absolute Gasteiger partial charge is 1.00 e. The summed E-state index contributed by atoms with van der Waals surface area (Å²) in [5.74, 6) is 0.731. The van der Waals surface area contributed by atoms with Gasteiger partial charge >= 0.3 is 6.67 Å². The number of benzene rings is 1. The third-order valence-electron chi connectivity index (χ3n) is 2.46. The highest BCUT2D eigenvalue weighted by molar-refractivity contribution is 5.98. The molecule has 1 aliphatic rings. The van der Waals surface area contributed by atoms with Crippen molar-refractivity contribution in [3.8, 4) is 5.75 Å². The predicted octanol–water partition coefficient (Wildman–Crippen LogP) is -1.40. The van der Waals surface area contributed by atoms with Crippen molar-refractivity contribution in [2.45, 2.75) is 0 Å². The van der Waals surface area contributed by atoms with Gasteiger partial charge in [0.1, 0.15) is 12.3 Å². The summed E-state index contributed by atoms with van der Waals surface area (Å²) in [5, 5.41) is 0. The van der Waals surface area contributed by atoms with Gasteiger partial charge in [-0.3, -0.25) is 4.79 Å². The molecule has 0 saturated carbocycles. The zero-order valence-corrected chi connectivity index (χ0v) is 11.0. The van der Waals surface area contributed by atoms with E-state index in [1.54, 1.807) is 29.0 Å². The summed E-state index contributed by atoms with van der Waals surface area (Å²) in [6.07, 6.45) is 3.66. The first kappa shape index (κ1) is 14.3. The first-order valence-electron chi connectivity index (χ1n) is 5.30. The molecule has 2 rings (SSSR count). The molecule has 0 amide bonds. The smallest absolute Gasteiger partial charge is 0.564 e. The lowest BCUT2D eigenvalue weighted by Crippen LogP contribution is -3.00. The molecular formula is C13H14ClN2O2. The molecule has 0 N–H and O–H groups in total. The Morgan fingerprint density at radius 2 is 2.17 bits per heavy atom. The molecule has 1 heterocycles. The van der Waals surface area contributed by atoms with Crippen molar-refractivity contribution in [2.75, 3.05) is 20.7 Å². The number of carbonyl (C=O) groups excluding carboxylic acids is 1. The highest BCUT2D eigenvalue weighted by Crippen LogP contribution is 2.15. The summed E-state index contributed by atoms with van der Waals surface area (Å²) in [6, 6.07) is 7.16. The third-order valence-corrected chi connectivity index (χ3v) is 2.46. The summed E-state index contributed by atoms with van der Waals surface area (Å²) >= 11 is 0. The molecule has 1 aromatic carbocycles. The van der Waals surface area contributed by atoms with Gasteiger partial charge in [0.2, 0.25) is 0 Å². The van der Waals surface area contributed by atoms with Crippen molar-refractivity contribution in [1.29, 1.82) is 0 Å². The minimum absolute atomic E-state index is 0. The van der Waals surface area contributed by atoms with Gasteiger partial charge < -0.3 is 17.1 Å². The minimum Gasteiger partial charge on any atom is -1.00 e. The molecule has 0 aromatic heterocycles. The van der Waals surface area contributed by atoms with E-state index in [0.29, 0.717) is 11.3 Å². The summed E-state index contributed by atoms with van der Waals surface area (Å²) in [7, 11) is 3.45. The highest BCUT2D eigenvalue weighted by atomic mass is 35.5. The van der Waals surface area contributed by atoms with Crippen molar-refractivity contribution >= 4 is 5.78 Å². The number of halogens is 1. The van der Waals surface area contributed by atoms with Crippen LogP contribution in [-0.4, -0.2) is 36.3 Å². The second-order valence-electron chi connectivity index (χ2n) is 3.79. The van der Waals surface area contributed by atoms with E-state index in [1.165, 1.54) is 0 Å². The summed E-state index contributed by atoms with van der Waals surface area (Å²) < 4.78 is 5.09. The van der Waals surface area contributed by atoms with Crippen LogP contribution in [0.25, 0.3) is 0 Å². The molecule has 4 nitrogen and oxygen atoms in total. The quantitative estimate of drug-likeness (QED) is 0.495. The number of nitrogens with zero attached hydrogens (tertiary/aromatic N) is 2. The van der Waals surface area contributed by atoms with E-state index in [-0.39, 0.29) is 24.7 Å². The van der Waals surface area contributed by atoms with E-state index >= 15 is 0 Å². The molecule has 0 fully saturated rings. The van der Waals surface area contributed by atoms with Crippen LogP contribution in [0.4, 0.5) is 0 Å². The van der Waals surface area contributed by atoms with Crippen molar-refractivity contribution < 1.29 is 21.9 Å². The van der Waals surface area contributed by atoms with Gasteiger partial charge in [-0.15, -0.1) is 9.80 Å². The SMILES string of the molecule is COc1cccc(C(=O)CN2[C+]N(C)C=C2)c1.[Cl-]. The van der Waals surface area contributed by atoms with Crippen LogP contribution >= 0.6 is 0 Å². The normalized spacial score (nSPS) is 13.0. The van der Waals surface area contributed by atoms with Gasteiger partial charge in [0.25, 0.3) is 0 Å². The third kappa shape index (κ3) is 3.34. The van der Waals surface area contributed by atoms with Crippen molar-refractivity contribution in [3.05, 3.63) is 48.9 Å². The van der Waals surface area contributed by atoms with Crippen LogP contribution in [-0.2, 0) is 0 Å². The second-order valence-corrected chi connectivity index (χ2v) is 3.79. The molecule has 1 radical (unpaired) electrons. The van der Waals surface area contributed by atoms with Crippen LogP contribution in [0.2, 0.25) is 0 Å². The zero-order valence-electron chi connectivity index (χ0n) is 10.3. The molecule has 0 atom stereocenters. The average Bonchev–Trinajstić information content (AvgIpc) is 2.75. The number of hydrogen-bond acceptors (Lipinski definition) is 4. The molecule has 95 valence electrons. The Bertz CT molecular complexity index is 448. The molecule has 0 saturated heterocycles. The summed E-state index contributed by atoms with van der Waals surface area (Å²) in [5.41, 5.74) is 0.647. The standard InChI is InChI=1S/C13H14N2O2.ClH/c1-14-6-7-15(10-14)9-13(16)11-4-3-5-12(8-11)17-2;/h3-8H,9H2,1-2H3;1H/q+1;/p-1. The van der Waals surface area contributed by atoms with E-state index < -0.39 is 0 Å². The van der Waals surface area contributed by atoms with Gasteiger partial charge in [0.05, 0.1) is 26.6 Å². The molecule has 5 heteroatoms. The maximum atomic E-state index is 12.0. The molecule has 0 spiro atoms. The first-order valence-corrected chi connectivity index (χ1v) is 5.30. The molecule has 1 aromatic rings. The number of ether oxygens (including phenoxy) is 1. The predicted molar refractivity (Wildman–Crippen MR) is 64.2 cm³/mol. The van der Waals surface area contributed by atoms with Crippen LogP contribution in [0.1, 0.15) is 10.4 Å². The van der Waals surface area contributed by atoms with Crippen LogP contribution in [0.3, 0.4) is 0 Å². The van der Waals surface area contributed by atoms with E-state index in [0.717, 1.165) is 0 Å². The lowest BCUT2D eigenvalue weighted by atomic mass is 10.1. The molecule has 1 aliphatic heterocycles. The molecule has 0 aliphatic carbocycles. The van der Waals surface area contributed by atoms with Crippen LogP contribution in [0.15, 0.2) is 36.7 Å². The monoisotopic (exact) mass is 265 g/mol. The van der Waals surface area contributed by atoms with Gasteiger partial charge in [-0.2, -0.15) is 0 Å². The minimum atomic E-state index is 0. The van der Waals surface area contributed by atoms with Crippen LogP contribution in [0, 0.1) is 6.67 Å². The van der Waals surface area contributed by atoms with Gasteiger partial charge in [0, 0.05) is 5.56 Å². The number of Topliss-reactive ketones (excluding diaryl/α,β-unsaturated/α-hetero) is 1. The van der Waals surface area contributed by atoms with Gasteiger partial charge in [-0.1, -0.05) is 12.1 Å². The van der Waals surface area contributed by atoms with E-state index in [4.69, 9.17) is 4.74 Å². The summed E-state index contributed by atoms with van der Waals surface area (Å²) in [4.78, 5) is 15.5. The van der Waals surface area contributed by atoms with Gasteiger partial charge in [-0.05, 0) is 12.1 Å². The van der Waals surface area contributed by atoms with E-state index in [1.807, 2.05) is 31.6 Å². The fourth-order valence-electron chi connectivity index (χ4n) is 1.58. The summed E-state index contributed by atoms with van der Waals surface area (Å²) in [6.45, 7) is 3.27. The maximum absolute atomic E-state index is 12.0. The molecule has 0 bridgehead atoms. The highest BCUT2D eigenvalue weighted by Gasteiger charge is 2.29. The Kier molecular flexibility index (Phi) is 4.92. The Labute approximate surface area is 113 Å². The van der Waals surface area contributed by atoms with E-state index in [2.05, 4.69) is 6.67 Å². The topological polar surface area (TPSA) is 32.8 Å². The molecule has 18 heavy (non-hydrogen) atoms. The van der Waals surface area contributed by atoms with Crippen molar-refractivity contribution in [1.82, 2.24) is 9.80 Å². The Morgan fingerprint density at radius 3 is 2.78 bits per heavy atom. The maximum Gasteiger partial charge on any atom is 0.564 e. The lowest BCUT2D eigenvalue weighted by molar-refractivity contribution is -0.0000117. The number of rotatable bonds is 4. The van der Waals surface area contributed by atoms with E-state index in [9.17, 15) is 4.79 Å².